The molecule has 0 amide bonds. The van der Waals surface area contributed by atoms with Crippen molar-refractivity contribution in [3.05, 3.63) is 34.3 Å². The number of hydrogen-bond acceptors (Lipinski definition) is 3. The highest BCUT2D eigenvalue weighted by atomic mass is 79.9. The fourth-order valence-electron chi connectivity index (χ4n) is 1.92. The van der Waals surface area contributed by atoms with Gasteiger partial charge in [0.05, 0.1) is 6.54 Å². The molecule has 4 heteroatoms. The van der Waals surface area contributed by atoms with Gasteiger partial charge in [0.15, 0.2) is 5.96 Å². The second kappa shape index (κ2) is 4.87. The predicted octanol–water partition coefficient (Wildman–Crippen LogP) is 2.01. The summed E-state index contributed by atoms with van der Waals surface area (Å²) < 4.78 is 1.13. The highest BCUT2D eigenvalue weighted by Gasteiger charge is 2.20. The smallest absolute Gasteiger partial charge is 0.191 e. The first kappa shape index (κ1) is 11.5. The van der Waals surface area contributed by atoms with Crippen molar-refractivity contribution in [2.75, 3.05) is 13.1 Å². The molecule has 1 aliphatic rings. The first-order valence-corrected chi connectivity index (χ1v) is 6.27. The summed E-state index contributed by atoms with van der Waals surface area (Å²) in [4.78, 5) is 6.41. The minimum Gasteiger partial charge on any atom is -0.370 e. The van der Waals surface area contributed by atoms with Gasteiger partial charge in [0.2, 0.25) is 0 Å². The van der Waals surface area contributed by atoms with Gasteiger partial charge >= 0.3 is 0 Å². The number of aliphatic imine (C=N–C) groups is 1. The van der Waals surface area contributed by atoms with E-state index in [1.165, 1.54) is 5.56 Å². The Morgan fingerprint density at radius 1 is 1.56 bits per heavy atom. The second-order valence-electron chi connectivity index (χ2n) is 4.12. The topological polar surface area (TPSA) is 41.6 Å². The summed E-state index contributed by atoms with van der Waals surface area (Å²) in [6.45, 7) is 3.92. The van der Waals surface area contributed by atoms with Crippen molar-refractivity contribution in [1.82, 2.24) is 4.90 Å². The van der Waals surface area contributed by atoms with E-state index in [4.69, 9.17) is 5.73 Å². The molecule has 0 spiro atoms. The van der Waals surface area contributed by atoms with Gasteiger partial charge in [-0.05, 0) is 31.0 Å². The summed E-state index contributed by atoms with van der Waals surface area (Å²) >= 11 is 3.48. The van der Waals surface area contributed by atoms with Crippen LogP contribution in [0.2, 0.25) is 0 Å². The van der Waals surface area contributed by atoms with E-state index in [1.54, 1.807) is 0 Å². The van der Waals surface area contributed by atoms with E-state index in [1.807, 2.05) is 6.07 Å². The summed E-state index contributed by atoms with van der Waals surface area (Å²) in [7, 11) is 0. The van der Waals surface area contributed by atoms with E-state index in [9.17, 15) is 0 Å². The first-order valence-electron chi connectivity index (χ1n) is 5.48. The molecule has 1 heterocycles. The van der Waals surface area contributed by atoms with E-state index in [2.05, 4.69) is 50.9 Å². The molecule has 1 unspecified atom stereocenters. The van der Waals surface area contributed by atoms with Crippen LogP contribution in [0, 0.1) is 0 Å². The lowest BCUT2D eigenvalue weighted by atomic mass is 10.1. The Hall–Kier alpha value is -1.03. The molecule has 1 aromatic rings. The molecule has 0 radical (unpaired) electrons. The first-order chi connectivity index (χ1) is 7.66. The summed E-state index contributed by atoms with van der Waals surface area (Å²) in [6.07, 6.45) is 1.000. The molecule has 0 saturated heterocycles. The maximum absolute atomic E-state index is 5.83. The summed E-state index contributed by atoms with van der Waals surface area (Å²) in [5, 5.41) is 0. The molecular formula is C12H16BrN3. The number of hydrogen-bond donors (Lipinski definition) is 1. The van der Waals surface area contributed by atoms with Crippen LogP contribution in [0.1, 0.15) is 12.5 Å². The van der Waals surface area contributed by atoms with Crippen LogP contribution >= 0.6 is 15.9 Å². The number of guanidine groups is 1. The van der Waals surface area contributed by atoms with Crippen molar-refractivity contribution in [2.45, 2.75) is 19.4 Å². The van der Waals surface area contributed by atoms with Crippen LogP contribution < -0.4 is 5.73 Å². The Bertz CT molecular complexity index is 403. The van der Waals surface area contributed by atoms with Crippen LogP contribution in [-0.2, 0) is 6.42 Å². The summed E-state index contributed by atoms with van der Waals surface area (Å²) in [5.74, 6) is 0.683. The van der Waals surface area contributed by atoms with Crippen molar-refractivity contribution in [1.29, 1.82) is 0 Å². The molecule has 3 nitrogen and oxygen atoms in total. The molecule has 0 aliphatic carbocycles. The Kier molecular flexibility index (Phi) is 3.49. The third kappa shape index (κ3) is 2.55. The maximum Gasteiger partial charge on any atom is 0.191 e. The monoisotopic (exact) mass is 281 g/mol. The zero-order valence-corrected chi connectivity index (χ0v) is 10.9. The van der Waals surface area contributed by atoms with Crippen molar-refractivity contribution in [3.8, 4) is 0 Å². The maximum atomic E-state index is 5.83. The normalized spacial score (nSPS) is 20.0. The Morgan fingerprint density at radius 2 is 2.38 bits per heavy atom. The van der Waals surface area contributed by atoms with E-state index in [0.717, 1.165) is 24.0 Å². The highest BCUT2D eigenvalue weighted by Crippen LogP contribution is 2.14. The van der Waals surface area contributed by atoms with Gasteiger partial charge in [-0.1, -0.05) is 28.1 Å². The van der Waals surface area contributed by atoms with Gasteiger partial charge in [0.25, 0.3) is 0 Å². The quantitative estimate of drug-likeness (QED) is 0.921. The zero-order chi connectivity index (χ0) is 11.5. The lowest BCUT2D eigenvalue weighted by Gasteiger charge is -2.23. The number of benzene rings is 1. The minimum atomic E-state index is 0.437. The lowest BCUT2D eigenvalue weighted by molar-refractivity contribution is 0.364. The molecule has 0 aromatic heterocycles. The third-order valence-corrected chi connectivity index (χ3v) is 3.37. The van der Waals surface area contributed by atoms with Gasteiger partial charge in [-0.25, -0.2) is 0 Å². The lowest BCUT2D eigenvalue weighted by Crippen LogP contribution is -2.40. The highest BCUT2D eigenvalue weighted by molar-refractivity contribution is 9.10. The standard InChI is InChI=1S/C12H16BrN3/c1-9-8-15-12(14)16(9)6-5-10-3-2-4-11(13)7-10/h2-4,7,9H,5-6,8H2,1H3,(H2,14,15). The molecule has 0 bridgehead atoms. The Morgan fingerprint density at radius 3 is 3.00 bits per heavy atom. The van der Waals surface area contributed by atoms with Gasteiger partial charge in [-0.2, -0.15) is 0 Å². The minimum absolute atomic E-state index is 0.437. The van der Waals surface area contributed by atoms with E-state index in [-0.39, 0.29) is 0 Å². The number of nitrogens with two attached hydrogens (primary N) is 1. The third-order valence-electron chi connectivity index (χ3n) is 2.87. The van der Waals surface area contributed by atoms with Crippen molar-refractivity contribution in [3.63, 3.8) is 0 Å². The molecule has 0 fully saturated rings. The molecule has 2 rings (SSSR count). The molecule has 0 saturated carbocycles. The number of rotatable bonds is 3. The summed E-state index contributed by atoms with van der Waals surface area (Å²) in [5.41, 5.74) is 7.15. The van der Waals surface area contributed by atoms with Crippen molar-refractivity contribution < 1.29 is 0 Å². The molecule has 86 valence electrons. The largest absolute Gasteiger partial charge is 0.370 e. The van der Waals surface area contributed by atoms with Gasteiger partial charge in [0, 0.05) is 17.1 Å². The Balaban J connectivity index is 1.95. The molecule has 1 atom stereocenters. The molecule has 2 N–H and O–H groups in total. The van der Waals surface area contributed by atoms with Crippen LogP contribution in [0.5, 0.6) is 0 Å². The molecule has 1 aliphatic heterocycles. The average molecular weight is 282 g/mol. The predicted molar refractivity (Wildman–Crippen MR) is 70.5 cm³/mol. The van der Waals surface area contributed by atoms with Crippen LogP contribution in [0.15, 0.2) is 33.7 Å². The SMILES string of the molecule is CC1CN=C(N)N1CCc1cccc(Br)c1. The van der Waals surface area contributed by atoms with Crippen LogP contribution in [-0.4, -0.2) is 30.0 Å². The fraction of sp³-hybridized carbons (Fsp3) is 0.417. The average Bonchev–Trinajstić information content (AvgIpc) is 2.56. The second-order valence-corrected chi connectivity index (χ2v) is 5.04. The van der Waals surface area contributed by atoms with Gasteiger partial charge in [-0.15, -0.1) is 0 Å². The van der Waals surface area contributed by atoms with Crippen molar-refractivity contribution in [2.24, 2.45) is 10.7 Å². The van der Waals surface area contributed by atoms with Crippen LogP contribution in [0.3, 0.4) is 0 Å². The van der Waals surface area contributed by atoms with Gasteiger partial charge < -0.3 is 10.6 Å². The number of halogens is 1. The molecule has 16 heavy (non-hydrogen) atoms. The fourth-order valence-corrected chi connectivity index (χ4v) is 2.36. The van der Waals surface area contributed by atoms with Gasteiger partial charge in [0.1, 0.15) is 0 Å². The van der Waals surface area contributed by atoms with Crippen LogP contribution in [0.25, 0.3) is 0 Å². The number of nitrogens with zero attached hydrogens (tertiary/aromatic N) is 2. The van der Waals surface area contributed by atoms with Gasteiger partial charge in [-0.3, -0.25) is 4.99 Å². The van der Waals surface area contributed by atoms with E-state index < -0.39 is 0 Å². The molecule has 1 aromatic carbocycles. The van der Waals surface area contributed by atoms with Crippen LogP contribution in [0.4, 0.5) is 0 Å². The Labute approximate surface area is 104 Å². The molecular weight excluding hydrogens is 266 g/mol. The summed E-state index contributed by atoms with van der Waals surface area (Å²) in [6, 6.07) is 8.82. The van der Waals surface area contributed by atoms with E-state index in [0.29, 0.717) is 12.0 Å². The zero-order valence-electron chi connectivity index (χ0n) is 9.36. The van der Waals surface area contributed by atoms with Crippen molar-refractivity contribution >= 4 is 21.9 Å². The van der Waals surface area contributed by atoms with E-state index >= 15 is 0 Å².